The van der Waals surface area contributed by atoms with Crippen LogP contribution in [0.3, 0.4) is 0 Å². The van der Waals surface area contributed by atoms with Gasteiger partial charge in [0.15, 0.2) is 0 Å². The molecule has 6 heteroatoms. The summed E-state index contributed by atoms with van der Waals surface area (Å²) in [7, 11) is 0. The van der Waals surface area contributed by atoms with Crippen molar-refractivity contribution in [2.45, 2.75) is 32.4 Å². The van der Waals surface area contributed by atoms with Crippen LogP contribution in [0.15, 0.2) is 18.2 Å². The molecule has 0 heterocycles. The molecule has 0 spiro atoms. The van der Waals surface area contributed by atoms with Crippen LogP contribution in [0.5, 0.6) is 0 Å². The molecule has 1 N–H and O–H groups in total. The van der Waals surface area contributed by atoms with Gasteiger partial charge in [-0.15, -0.1) is 0 Å². The van der Waals surface area contributed by atoms with Gasteiger partial charge in [0.05, 0.1) is 17.2 Å². The van der Waals surface area contributed by atoms with Gasteiger partial charge in [0.2, 0.25) is 5.91 Å². The van der Waals surface area contributed by atoms with Gasteiger partial charge < -0.3 is 5.32 Å². The lowest BCUT2D eigenvalue weighted by Crippen LogP contribution is -2.24. The number of alkyl halides is 3. The Kier molecular flexibility index (Phi) is 4.21. The minimum Gasteiger partial charge on any atom is -0.326 e. The first-order valence-corrected chi connectivity index (χ1v) is 6.75. The number of hydrogen-bond donors (Lipinski definition) is 1. The third-order valence-corrected chi connectivity index (χ3v) is 3.91. The van der Waals surface area contributed by atoms with Crippen molar-refractivity contribution < 1.29 is 18.0 Å². The first-order valence-electron chi connectivity index (χ1n) is 6.75. The Bertz CT molecular complexity index is 590. The SMILES string of the molecule is CC1CCCC1C(=O)Nc1ccc(C#N)c(C(F)(F)F)c1. The van der Waals surface area contributed by atoms with Crippen molar-refractivity contribution in [1.29, 1.82) is 5.26 Å². The average Bonchev–Trinajstić information content (AvgIpc) is 2.84. The van der Waals surface area contributed by atoms with Crippen LogP contribution in [0, 0.1) is 23.2 Å². The zero-order valence-electron chi connectivity index (χ0n) is 11.5. The topological polar surface area (TPSA) is 52.9 Å². The number of halogens is 3. The summed E-state index contributed by atoms with van der Waals surface area (Å²) in [5.41, 5.74) is -1.40. The van der Waals surface area contributed by atoms with Gasteiger partial charge in [-0.1, -0.05) is 13.3 Å². The van der Waals surface area contributed by atoms with Gasteiger partial charge in [-0.05, 0) is 37.0 Å². The van der Waals surface area contributed by atoms with Gasteiger partial charge in [-0.2, -0.15) is 18.4 Å². The largest absolute Gasteiger partial charge is 0.417 e. The maximum Gasteiger partial charge on any atom is 0.417 e. The van der Waals surface area contributed by atoms with Crippen molar-refractivity contribution in [1.82, 2.24) is 0 Å². The summed E-state index contributed by atoms with van der Waals surface area (Å²) in [4.78, 5) is 12.1. The molecule has 112 valence electrons. The molecule has 1 aliphatic rings. The number of carbonyl (C=O) groups is 1. The number of amides is 1. The molecule has 2 rings (SSSR count). The number of benzene rings is 1. The highest BCUT2D eigenvalue weighted by molar-refractivity contribution is 5.93. The lowest BCUT2D eigenvalue weighted by atomic mass is 9.97. The summed E-state index contributed by atoms with van der Waals surface area (Å²) in [6, 6.07) is 4.73. The van der Waals surface area contributed by atoms with E-state index >= 15 is 0 Å². The normalized spacial score (nSPS) is 21.9. The first kappa shape index (κ1) is 15.4. The molecule has 21 heavy (non-hydrogen) atoms. The Morgan fingerprint density at radius 1 is 1.38 bits per heavy atom. The van der Waals surface area contributed by atoms with E-state index < -0.39 is 17.3 Å². The van der Waals surface area contributed by atoms with Crippen LogP contribution < -0.4 is 5.32 Å². The molecule has 2 atom stereocenters. The molecule has 0 saturated heterocycles. The summed E-state index contributed by atoms with van der Waals surface area (Å²) in [6.07, 6.45) is -1.94. The van der Waals surface area contributed by atoms with Gasteiger partial charge in [0.25, 0.3) is 0 Å². The summed E-state index contributed by atoms with van der Waals surface area (Å²) in [5, 5.41) is 11.3. The molecule has 1 amide bonds. The monoisotopic (exact) mass is 296 g/mol. The molecule has 1 fully saturated rings. The average molecular weight is 296 g/mol. The van der Waals surface area contributed by atoms with Crippen molar-refractivity contribution in [2.75, 3.05) is 5.32 Å². The highest BCUT2D eigenvalue weighted by Crippen LogP contribution is 2.35. The maximum atomic E-state index is 12.9. The standard InChI is InChI=1S/C15H15F3N2O/c1-9-3-2-4-12(9)14(21)20-11-6-5-10(8-19)13(7-11)15(16,17)18/h5-7,9,12H,2-4H2,1H3,(H,20,21). The zero-order valence-corrected chi connectivity index (χ0v) is 11.5. The fourth-order valence-corrected chi connectivity index (χ4v) is 2.72. The van der Waals surface area contributed by atoms with E-state index in [0.717, 1.165) is 31.4 Å². The van der Waals surface area contributed by atoms with Crippen molar-refractivity contribution in [3.63, 3.8) is 0 Å². The van der Waals surface area contributed by atoms with Gasteiger partial charge in [-0.25, -0.2) is 0 Å². The van der Waals surface area contributed by atoms with E-state index in [1.54, 1.807) is 0 Å². The number of nitrogens with zero attached hydrogens (tertiary/aromatic N) is 1. The molecule has 1 aromatic rings. The van der Waals surface area contributed by atoms with Crippen molar-refractivity contribution in [2.24, 2.45) is 11.8 Å². The maximum absolute atomic E-state index is 12.9. The number of nitrogens with one attached hydrogen (secondary N) is 1. The fraction of sp³-hybridized carbons (Fsp3) is 0.467. The lowest BCUT2D eigenvalue weighted by Gasteiger charge is -2.16. The van der Waals surface area contributed by atoms with E-state index in [1.165, 1.54) is 12.1 Å². The van der Waals surface area contributed by atoms with Gasteiger partial charge in [0.1, 0.15) is 0 Å². The molecule has 0 aromatic heterocycles. The Labute approximate surface area is 120 Å². The molecule has 1 saturated carbocycles. The van der Waals surface area contributed by atoms with Crippen LogP contribution in [0.1, 0.15) is 37.3 Å². The molecule has 0 bridgehead atoms. The molecule has 1 aromatic carbocycles. The summed E-state index contributed by atoms with van der Waals surface area (Å²) >= 11 is 0. The third kappa shape index (κ3) is 3.35. The van der Waals surface area contributed by atoms with Crippen molar-refractivity contribution >= 4 is 11.6 Å². The van der Waals surface area contributed by atoms with Crippen LogP contribution in [0.4, 0.5) is 18.9 Å². The quantitative estimate of drug-likeness (QED) is 0.898. The zero-order chi connectivity index (χ0) is 15.6. The Balaban J connectivity index is 2.22. The molecular formula is C15H15F3N2O. The van der Waals surface area contributed by atoms with Crippen molar-refractivity contribution in [3.05, 3.63) is 29.3 Å². The third-order valence-electron chi connectivity index (χ3n) is 3.91. The highest BCUT2D eigenvalue weighted by Gasteiger charge is 2.34. The molecule has 2 unspecified atom stereocenters. The second-order valence-corrected chi connectivity index (χ2v) is 5.37. The fourth-order valence-electron chi connectivity index (χ4n) is 2.72. The smallest absolute Gasteiger partial charge is 0.326 e. The molecule has 0 aliphatic heterocycles. The number of anilines is 1. The highest BCUT2D eigenvalue weighted by atomic mass is 19.4. The van der Waals surface area contributed by atoms with E-state index in [-0.39, 0.29) is 23.4 Å². The van der Waals surface area contributed by atoms with Crippen LogP contribution in [-0.2, 0) is 11.0 Å². The predicted octanol–water partition coefficient (Wildman–Crippen LogP) is 3.95. The van der Waals surface area contributed by atoms with Crippen LogP contribution in [0.2, 0.25) is 0 Å². The Morgan fingerprint density at radius 2 is 2.10 bits per heavy atom. The van der Waals surface area contributed by atoms with Gasteiger partial charge >= 0.3 is 6.18 Å². The molecule has 0 radical (unpaired) electrons. The number of rotatable bonds is 2. The lowest BCUT2D eigenvalue weighted by molar-refractivity contribution is -0.137. The number of nitriles is 1. The van der Waals surface area contributed by atoms with E-state index in [1.807, 2.05) is 6.92 Å². The van der Waals surface area contributed by atoms with Crippen LogP contribution >= 0.6 is 0 Å². The number of hydrogen-bond acceptors (Lipinski definition) is 2. The second-order valence-electron chi connectivity index (χ2n) is 5.37. The first-order chi connectivity index (χ1) is 9.82. The van der Waals surface area contributed by atoms with Crippen LogP contribution in [0.25, 0.3) is 0 Å². The summed E-state index contributed by atoms with van der Waals surface area (Å²) in [6.45, 7) is 1.97. The summed E-state index contributed by atoms with van der Waals surface area (Å²) in [5.74, 6) is -0.168. The van der Waals surface area contributed by atoms with E-state index in [4.69, 9.17) is 5.26 Å². The minimum absolute atomic E-state index is 0.0745. The van der Waals surface area contributed by atoms with Gasteiger partial charge in [0, 0.05) is 11.6 Å². The predicted molar refractivity (Wildman–Crippen MR) is 71.3 cm³/mol. The number of carbonyl (C=O) groups excluding carboxylic acids is 1. The molecule has 3 nitrogen and oxygen atoms in total. The van der Waals surface area contributed by atoms with Gasteiger partial charge in [-0.3, -0.25) is 4.79 Å². The summed E-state index contributed by atoms with van der Waals surface area (Å²) < 4.78 is 38.6. The van der Waals surface area contributed by atoms with E-state index in [2.05, 4.69) is 5.32 Å². The minimum atomic E-state index is -4.62. The second kappa shape index (κ2) is 5.76. The molecule has 1 aliphatic carbocycles. The molecular weight excluding hydrogens is 281 g/mol. The Morgan fingerprint density at radius 3 is 2.62 bits per heavy atom. The Hall–Kier alpha value is -2.03. The van der Waals surface area contributed by atoms with E-state index in [9.17, 15) is 18.0 Å². The van der Waals surface area contributed by atoms with E-state index in [0.29, 0.717) is 0 Å². The van der Waals surface area contributed by atoms with Crippen LogP contribution in [-0.4, -0.2) is 5.91 Å². The van der Waals surface area contributed by atoms with Crippen molar-refractivity contribution in [3.8, 4) is 6.07 Å².